The Morgan fingerprint density at radius 2 is 2.04 bits per heavy atom. The van der Waals surface area contributed by atoms with Crippen LogP contribution in [0.3, 0.4) is 0 Å². The van der Waals surface area contributed by atoms with Crippen molar-refractivity contribution in [2.45, 2.75) is 19.9 Å². The van der Waals surface area contributed by atoms with E-state index >= 15 is 0 Å². The van der Waals surface area contributed by atoms with Crippen LogP contribution >= 0.6 is 0 Å². The van der Waals surface area contributed by atoms with E-state index in [9.17, 15) is 13.2 Å². The number of benzene rings is 1. The molecule has 0 radical (unpaired) electrons. The van der Waals surface area contributed by atoms with Crippen molar-refractivity contribution in [1.82, 2.24) is 9.62 Å². The van der Waals surface area contributed by atoms with Crippen LogP contribution in [0.2, 0.25) is 0 Å². The molecule has 1 fully saturated rings. The molecule has 1 saturated heterocycles. The fraction of sp³-hybridized carbons (Fsp3) is 0.588. The SMILES string of the molecule is Cc1cccc(OCC(=O)N[C@H]2COC[C@H]2CS(=O)(=O)N(C)C)c1C. The van der Waals surface area contributed by atoms with Crippen molar-refractivity contribution in [3.05, 3.63) is 29.3 Å². The minimum Gasteiger partial charge on any atom is -0.483 e. The number of amides is 1. The molecule has 25 heavy (non-hydrogen) atoms. The van der Waals surface area contributed by atoms with Crippen LogP contribution in [0.5, 0.6) is 5.75 Å². The Morgan fingerprint density at radius 1 is 1.32 bits per heavy atom. The highest BCUT2D eigenvalue weighted by molar-refractivity contribution is 7.89. The molecule has 8 heteroatoms. The topological polar surface area (TPSA) is 84.9 Å². The Labute approximate surface area is 149 Å². The van der Waals surface area contributed by atoms with E-state index in [1.807, 2.05) is 32.0 Å². The van der Waals surface area contributed by atoms with Gasteiger partial charge in [-0.2, -0.15) is 0 Å². The quantitative estimate of drug-likeness (QED) is 0.764. The predicted octanol–water partition coefficient (Wildman–Crippen LogP) is 0.705. The van der Waals surface area contributed by atoms with Crippen LogP contribution in [0.4, 0.5) is 0 Å². The largest absolute Gasteiger partial charge is 0.483 e. The molecule has 1 amide bonds. The molecule has 2 rings (SSSR count). The fourth-order valence-corrected chi connectivity index (χ4v) is 3.78. The highest BCUT2D eigenvalue weighted by Crippen LogP contribution is 2.21. The highest BCUT2D eigenvalue weighted by atomic mass is 32.2. The number of carbonyl (C=O) groups is 1. The molecule has 0 saturated carbocycles. The average molecular weight is 370 g/mol. The Morgan fingerprint density at radius 3 is 2.72 bits per heavy atom. The van der Waals surface area contributed by atoms with Gasteiger partial charge in [-0.3, -0.25) is 4.79 Å². The van der Waals surface area contributed by atoms with Crippen LogP contribution in [-0.2, 0) is 19.6 Å². The zero-order valence-electron chi connectivity index (χ0n) is 15.1. The lowest BCUT2D eigenvalue weighted by Gasteiger charge is -2.21. The first-order valence-electron chi connectivity index (χ1n) is 8.17. The van der Waals surface area contributed by atoms with Crippen LogP contribution in [-0.4, -0.2) is 64.3 Å². The zero-order chi connectivity index (χ0) is 18.6. The molecule has 7 nitrogen and oxygen atoms in total. The molecule has 1 aliphatic rings. The molecule has 0 unspecified atom stereocenters. The lowest BCUT2D eigenvalue weighted by Crippen LogP contribution is -2.45. The van der Waals surface area contributed by atoms with Gasteiger partial charge in [-0.05, 0) is 31.0 Å². The molecule has 1 aromatic carbocycles. The lowest BCUT2D eigenvalue weighted by atomic mass is 10.1. The van der Waals surface area contributed by atoms with E-state index in [0.717, 1.165) is 11.1 Å². The molecule has 1 N–H and O–H groups in total. The predicted molar refractivity (Wildman–Crippen MR) is 95.1 cm³/mol. The van der Waals surface area contributed by atoms with Gasteiger partial charge in [0, 0.05) is 20.0 Å². The first-order valence-corrected chi connectivity index (χ1v) is 9.78. The number of nitrogens with zero attached hydrogens (tertiary/aromatic N) is 1. The Hall–Kier alpha value is -1.64. The normalized spacial score (nSPS) is 20.7. The van der Waals surface area contributed by atoms with Crippen molar-refractivity contribution < 1.29 is 22.7 Å². The number of sulfonamides is 1. The Kier molecular flexibility index (Phi) is 6.42. The second-order valence-corrected chi connectivity index (χ2v) is 8.75. The van der Waals surface area contributed by atoms with Crippen molar-refractivity contribution in [1.29, 1.82) is 0 Å². The molecule has 1 aromatic rings. The van der Waals surface area contributed by atoms with Crippen molar-refractivity contribution in [2.75, 3.05) is 39.7 Å². The minimum atomic E-state index is -3.35. The van der Waals surface area contributed by atoms with Gasteiger partial charge in [-0.15, -0.1) is 0 Å². The van der Waals surface area contributed by atoms with Gasteiger partial charge < -0.3 is 14.8 Å². The van der Waals surface area contributed by atoms with Gasteiger partial charge in [-0.1, -0.05) is 12.1 Å². The first kappa shape index (κ1) is 19.7. The number of hydrogen-bond acceptors (Lipinski definition) is 5. The van der Waals surface area contributed by atoms with E-state index in [2.05, 4.69) is 5.32 Å². The van der Waals surface area contributed by atoms with Crippen LogP contribution in [0, 0.1) is 19.8 Å². The van der Waals surface area contributed by atoms with E-state index < -0.39 is 10.0 Å². The van der Waals surface area contributed by atoms with Crippen LogP contribution in [0.15, 0.2) is 18.2 Å². The summed E-state index contributed by atoms with van der Waals surface area (Å²) in [6.45, 7) is 4.43. The van der Waals surface area contributed by atoms with E-state index in [4.69, 9.17) is 9.47 Å². The van der Waals surface area contributed by atoms with Gasteiger partial charge in [-0.25, -0.2) is 12.7 Å². The summed E-state index contributed by atoms with van der Waals surface area (Å²) >= 11 is 0. The second kappa shape index (κ2) is 8.16. The summed E-state index contributed by atoms with van der Waals surface area (Å²) in [5.74, 6) is 0.0632. The molecule has 2 atom stereocenters. The second-order valence-electron chi connectivity index (χ2n) is 6.52. The smallest absolute Gasteiger partial charge is 0.258 e. The average Bonchev–Trinajstić information content (AvgIpc) is 2.95. The van der Waals surface area contributed by atoms with Crippen LogP contribution < -0.4 is 10.1 Å². The van der Waals surface area contributed by atoms with Gasteiger partial charge in [0.05, 0.1) is 25.0 Å². The Balaban J connectivity index is 1.90. The monoisotopic (exact) mass is 370 g/mol. The van der Waals surface area contributed by atoms with E-state index in [1.165, 1.54) is 18.4 Å². The number of carbonyl (C=O) groups excluding carboxylic acids is 1. The summed E-state index contributed by atoms with van der Waals surface area (Å²) in [6.07, 6.45) is 0. The zero-order valence-corrected chi connectivity index (χ0v) is 15.9. The summed E-state index contributed by atoms with van der Waals surface area (Å²) < 4.78 is 36.2. The highest BCUT2D eigenvalue weighted by Gasteiger charge is 2.34. The third-order valence-electron chi connectivity index (χ3n) is 4.44. The summed E-state index contributed by atoms with van der Waals surface area (Å²) in [5, 5.41) is 2.82. The maximum absolute atomic E-state index is 12.2. The molecular weight excluding hydrogens is 344 g/mol. The molecule has 140 valence electrons. The molecule has 1 aliphatic heterocycles. The number of aryl methyl sites for hydroxylation is 1. The van der Waals surface area contributed by atoms with Crippen LogP contribution in [0.25, 0.3) is 0 Å². The number of hydrogen-bond donors (Lipinski definition) is 1. The third-order valence-corrected chi connectivity index (χ3v) is 6.40. The first-order chi connectivity index (χ1) is 11.7. The minimum absolute atomic E-state index is 0.0528. The van der Waals surface area contributed by atoms with Crippen molar-refractivity contribution >= 4 is 15.9 Å². The maximum Gasteiger partial charge on any atom is 0.258 e. The summed E-state index contributed by atoms with van der Waals surface area (Å²) in [5.41, 5.74) is 2.09. The molecule has 0 spiro atoms. The van der Waals surface area contributed by atoms with Gasteiger partial charge in [0.25, 0.3) is 5.91 Å². The van der Waals surface area contributed by atoms with Gasteiger partial charge >= 0.3 is 0 Å². The van der Waals surface area contributed by atoms with Crippen molar-refractivity contribution in [3.63, 3.8) is 0 Å². The summed E-state index contributed by atoms with van der Waals surface area (Å²) in [7, 11) is -0.352. The molecular formula is C17H26N2O5S. The molecule has 0 bridgehead atoms. The van der Waals surface area contributed by atoms with E-state index in [0.29, 0.717) is 19.0 Å². The fourth-order valence-electron chi connectivity index (χ4n) is 2.61. The van der Waals surface area contributed by atoms with Gasteiger partial charge in [0.15, 0.2) is 6.61 Å². The van der Waals surface area contributed by atoms with Gasteiger partial charge in [0.2, 0.25) is 10.0 Å². The molecule has 0 aliphatic carbocycles. The Bertz CT molecular complexity index is 718. The third kappa shape index (κ3) is 5.17. The standard InChI is InChI=1S/C17H26N2O5S/c1-12-6-5-7-16(13(12)2)24-10-17(20)18-15-9-23-8-14(15)11-25(21,22)19(3)4/h5-7,14-15H,8-11H2,1-4H3,(H,18,20)/t14-,15-/m0/s1. The van der Waals surface area contributed by atoms with Crippen molar-refractivity contribution in [3.8, 4) is 5.75 Å². The lowest BCUT2D eigenvalue weighted by molar-refractivity contribution is -0.124. The maximum atomic E-state index is 12.2. The molecule has 1 heterocycles. The summed E-state index contributed by atoms with van der Waals surface area (Å²) in [6, 6.07) is 5.35. The van der Waals surface area contributed by atoms with E-state index in [-0.39, 0.29) is 30.2 Å². The van der Waals surface area contributed by atoms with Crippen LogP contribution in [0.1, 0.15) is 11.1 Å². The summed E-state index contributed by atoms with van der Waals surface area (Å²) in [4.78, 5) is 12.2. The number of nitrogens with one attached hydrogen (secondary N) is 1. The number of ether oxygens (including phenoxy) is 2. The molecule has 0 aromatic heterocycles. The van der Waals surface area contributed by atoms with Gasteiger partial charge in [0.1, 0.15) is 5.75 Å². The van der Waals surface area contributed by atoms with Crippen molar-refractivity contribution in [2.24, 2.45) is 5.92 Å². The number of rotatable bonds is 7. The van der Waals surface area contributed by atoms with E-state index in [1.54, 1.807) is 0 Å².